The molecule has 0 aromatic heterocycles. The lowest BCUT2D eigenvalue weighted by Crippen LogP contribution is -2.21. The van der Waals surface area contributed by atoms with Crippen LogP contribution in [0.4, 0.5) is 10.5 Å². The maximum atomic E-state index is 12.0. The zero-order valence-electron chi connectivity index (χ0n) is 16.1. The van der Waals surface area contributed by atoms with Crippen molar-refractivity contribution < 1.29 is 24.2 Å². The molecule has 0 radical (unpaired) electrons. The van der Waals surface area contributed by atoms with Gasteiger partial charge in [-0.3, -0.25) is 19.8 Å². The number of urea groups is 1. The number of H-pyrrole nitrogens is 2. The Hall–Kier alpha value is -4.67. The number of primary amides is 1. The quantitative estimate of drug-likeness (QED) is 0.252. The number of rotatable bonds is 3. The van der Waals surface area contributed by atoms with E-state index in [1.54, 1.807) is 37.4 Å². The summed E-state index contributed by atoms with van der Waals surface area (Å²) in [5.74, 6) is -2.04. The molecule has 2 aromatic rings. The van der Waals surface area contributed by atoms with Crippen molar-refractivity contribution in [2.24, 2.45) is 16.0 Å². The van der Waals surface area contributed by atoms with Gasteiger partial charge in [0.15, 0.2) is 0 Å². The Kier molecular flexibility index (Phi) is 4.83. The maximum absolute atomic E-state index is 12.0. The normalized spacial score (nSPS) is 11.3. The minimum Gasteiger partial charge on any atom is -0.506 e. The van der Waals surface area contributed by atoms with Gasteiger partial charge in [0.2, 0.25) is 0 Å². The summed E-state index contributed by atoms with van der Waals surface area (Å²) in [5, 5.41) is 26.6. The summed E-state index contributed by atoms with van der Waals surface area (Å²) < 4.78 is 5.18. The van der Waals surface area contributed by atoms with E-state index in [2.05, 4.69) is 25.7 Å². The SMILES string of the molecule is COc1ccc(-c2[nH][nH]c3c4cccc(NC(=O)N=NC(=O)C(N)=O)c4c(O)c2-3)cc1. The number of aromatic nitrogens is 2. The number of carbonyl (C=O) groups excluding carboxylic acids is 3. The number of ether oxygens (including phenoxy) is 1. The molecule has 31 heavy (non-hydrogen) atoms. The standard InChI is InChI=1S/C20H16N6O5/c1-31-10-7-5-9(6-8-10)15-14-16(24-23-15)11-3-2-4-12(13(11)17(14)27)22-20(30)26-25-19(29)18(21)28/h2-8,23-24,27H,1H3,(H2,21,28)(H,22,30). The fourth-order valence-corrected chi connectivity index (χ4v) is 3.31. The van der Waals surface area contributed by atoms with Crippen LogP contribution in [0.1, 0.15) is 0 Å². The fourth-order valence-electron chi connectivity index (χ4n) is 3.31. The molecule has 0 saturated heterocycles. The number of aromatic amines is 2. The van der Waals surface area contributed by atoms with Gasteiger partial charge < -0.3 is 20.9 Å². The second-order valence-corrected chi connectivity index (χ2v) is 6.48. The zero-order valence-corrected chi connectivity index (χ0v) is 16.1. The van der Waals surface area contributed by atoms with Crippen LogP contribution in [0, 0.1) is 0 Å². The molecule has 0 saturated carbocycles. The topological polar surface area (TPSA) is 175 Å². The van der Waals surface area contributed by atoms with E-state index in [0.717, 1.165) is 5.56 Å². The van der Waals surface area contributed by atoms with Gasteiger partial charge in [0.25, 0.3) is 0 Å². The van der Waals surface area contributed by atoms with Gasteiger partial charge in [0.1, 0.15) is 11.5 Å². The number of nitrogens with zero attached hydrogens (tertiary/aromatic N) is 2. The molecule has 0 fully saturated rings. The lowest BCUT2D eigenvalue weighted by molar-refractivity contribution is -0.135. The molecular formula is C20H16N6O5. The van der Waals surface area contributed by atoms with Crippen LogP contribution in [0.25, 0.3) is 33.3 Å². The predicted molar refractivity (Wildman–Crippen MR) is 111 cm³/mol. The third-order valence-electron chi connectivity index (χ3n) is 4.68. The monoisotopic (exact) mass is 420 g/mol. The molecule has 4 amide bonds. The minimum absolute atomic E-state index is 0.0608. The molecule has 2 aromatic carbocycles. The van der Waals surface area contributed by atoms with Gasteiger partial charge in [-0.2, -0.15) is 0 Å². The average molecular weight is 420 g/mol. The fraction of sp³-hybridized carbons (Fsp3) is 0.0500. The van der Waals surface area contributed by atoms with Crippen LogP contribution < -0.4 is 15.8 Å². The lowest BCUT2D eigenvalue weighted by Gasteiger charge is -2.05. The first-order chi connectivity index (χ1) is 14.9. The van der Waals surface area contributed by atoms with Gasteiger partial charge in [-0.05, 0) is 30.3 Å². The number of nitrogens with two attached hydrogens (primary N) is 1. The molecule has 0 spiro atoms. The molecule has 1 heterocycles. The Balaban J connectivity index is 1.75. The Labute approximate surface area is 174 Å². The van der Waals surface area contributed by atoms with Gasteiger partial charge in [0, 0.05) is 10.9 Å². The first-order valence-electron chi connectivity index (χ1n) is 8.95. The van der Waals surface area contributed by atoms with E-state index in [-0.39, 0.29) is 11.4 Å². The number of hydrogen-bond donors (Lipinski definition) is 5. The van der Waals surface area contributed by atoms with Crippen LogP contribution in [-0.2, 0) is 9.59 Å². The van der Waals surface area contributed by atoms with Crippen LogP contribution in [0.2, 0.25) is 0 Å². The van der Waals surface area contributed by atoms with Crippen molar-refractivity contribution in [1.29, 1.82) is 0 Å². The number of carbonyl (C=O) groups is 3. The number of benzene rings is 2. The molecule has 11 heteroatoms. The highest BCUT2D eigenvalue weighted by molar-refractivity contribution is 6.34. The Morgan fingerprint density at radius 1 is 1.03 bits per heavy atom. The predicted octanol–water partition coefficient (Wildman–Crippen LogP) is 2.98. The van der Waals surface area contributed by atoms with E-state index in [4.69, 9.17) is 10.5 Å². The summed E-state index contributed by atoms with van der Waals surface area (Å²) in [5.41, 5.74) is 7.63. The lowest BCUT2D eigenvalue weighted by atomic mass is 10.1. The number of amides is 4. The summed E-state index contributed by atoms with van der Waals surface area (Å²) in [6, 6.07) is 11.3. The van der Waals surface area contributed by atoms with E-state index in [1.807, 2.05) is 12.1 Å². The largest absolute Gasteiger partial charge is 0.506 e. The molecule has 1 aliphatic heterocycles. The first-order valence-corrected chi connectivity index (χ1v) is 8.95. The third-order valence-corrected chi connectivity index (χ3v) is 4.68. The van der Waals surface area contributed by atoms with Gasteiger partial charge in [-0.1, -0.05) is 22.4 Å². The Bertz CT molecular complexity index is 1320. The van der Waals surface area contributed by atoms with Crippen LogP contribution >= 0.6 is 0 Å². The highest BCUT2D eigenvalue weighted by atomic mass is 16.5. The number of anilines is 1. The van der Waals surface area contributed by atoms with Crippen molar-refractivity contribution in [3.63, 3.8) is 0 Å². The second kappa shape index (κ2) is 7.63. The van der Waals surface area contributed by atoms with Gasteiger partial charge in [-0.15, -0.1) is 0 Å². The molecule has 0 unspecified atom stereocenters. The summed E-state index contributed by atoms with van der Waals surface area (Å²) in [6.45, 7) is 0. The highest BCUT2D eigenvalue weighted by Gasteiger charge is 2.26. The smallest absolute Gasteiger partial charge is 0.364 e. The number of fused-ring (bicyclic) bond motifs is 3. The van der Waals surface area contributed by atoms with Crippen LogP contribution in [0.3, 0.4) is 0 Å². The summed E-state index contributed by atoms with van der Waals surface area (Å²) in [4.78, 5) is 33.8. The number of aromatic hydroxyl groups is 1. The number of nitrogens with one attached hydrogen (secondary N) is 3. The molecule has 0 bridgehead atoms. The van der Waals surface area contributed by atoms with E-state index in [0.29, 0.717) is 33.5 Å². The second-order valence-electron chi connectivity index (χ2n) is 6.48. The average Bonchev–Trinajstić information content (AvgIpc) is 3.32. The van der Waals surface area contributed by atoms with Crippen molar-refractivity contribution in [1.82, 2.24) is 10.2 Å². The molecular weight excluding hydrogens is 404 g/mol. The van der Waals surface area contributed by atoms with Gasteiger partial charge in [-0.25, -0.2) is 4.79 Å². The molecule has 1 aliphatic carbocycles. The summed E-state index contributed by atoms with van der Waals surface area (Å²) >= 11 is 0. The number of azo groups is 1. The van der Waals surface area contributed by atoms with E-state index in [9.17, 15) is 19.5 Å². The molecule has 11 nitrogen and oxygen atoms in total. The van der Waals surface area contributed by atoms with Crippen molar-refractivity contribution in [2.45, 2.75) is 0 Å². The van der Waals surface area contributed by atoms with Crippen molar-refractivity contribution in [3.8, 4) is 34.0 Å². The highest BCUT2D eigenvalue weighted by Crippen LogP contribution is 2.49. The Morgan fingerprint density at radius 2 is 1.74 bits per heavy atom. The molecule has 0 atom stereocenters. The van der Waals surface area contributed by atoms with E-state index in [1.165, 1.54) is 0 Å². The van der Waals surface area contributed by atoms with Crippen molar-refractivity contribution in [3.05, 3.63) is 42.5 Å². The summed E-state index contributed by atoms with van der Waals surface area (Å²) in [7, 11) is 1.57. The maximum Gasteiger partial charge on any atom is 0.364 e. The molecule has 2 aliphatic rings. The number of hydrogen-bond acceptors (Lipinski definition) is 5. The first kappa shape index (κ1) is 19.6. The van der Waals surface area contributed by atoms with E-state index >= 15 is 0 Å². The van der Waals surface area contributed by atoms with Crippen molar-refractivity contribution in [2.75, 3.05) is 12.4 Å². The van der Waals surface area contributed by atoms with Crippen LogP contribution in [0.15, 0.2) is 52.7 Å². The van der Waals surface area contributed by atoms with Gasteiger partial charge in [0.05, 0.1) is 35.1 Å². The van der Waals surface area contributed by atoms with Crippen LogP contribution in [-0.4, -0.2) is 40.3 Å². The Morgan fingerprint density at radius 3 is 2.42 bits per heavy atom. The zero-order chi connectivity index (χ0) is 22.1. The summed E-state index contributed by atoms with van der Waals surface area (Å²) in [6.07, 6.45) is 0. The number of methoxy groups -OCH3 is 1. The third kappa shape index (κ3) is 3.44. The van der Waals surface area contributed by atoms with Crippen LogP contribution in [0.5, 0.6) is 11.5 Å². The van der Waals surface area contributed by atoms with Gasteiger partial charge >= 0.3 is 17.8 Å². The van der Waals surface area contributed by atoms with Crippen molar-refractivity contribution >= 4 is 34.3 Å². The molecule has 156 valence electrons. The van der Waals surface area contributed by atoms with E-state index < -0.39 is 17.8 Å². The molecule has 6 N–H and O–H groups in total. The molecule has 4 rings (SSSR count). The minimum atomic E-state index is -1.35.